The summed E-state index contributed by atoms with van der Waals surface area (Å²) >= 11 is 0. The molecule has 0 radical (unpaired) electrons. The van der Waals surface area contributed by atoms with Crippen LogP contribution < -0.4 is 14.4 Å². The molecule has 6 nitrogen and oxygen atoms in total. The van der Waals surface area contributed by atoms with Gasteiger partial charge in [0, 0.05) is 37.4 Å². The number of hydrogen-bond donors (Lipinski definition) is 0. The summed E-state index contributed by atoms with van der Waals surface area (Å²) in [6.07, 6.45) is -0.366. The molecule has 26 heavy (non-hydrogen) atoms. The highest BCUT2D eigenvalue weighted by atomic mass is 16.6. The number of hydrogen-bond acceptors (Lipinski definition) is 6. The van der Waals surface area contributed by atoms with E-state index in [1.165, 1.54) is 12.8 Å². The number of piperazine rings is 1. The summed E-state index contributed by atoms with van der Waals surface area (Å²) < 4.78 is 16.4. The average molecular weight is 354 g/mol. The fraction of sp³-hybridized carbons (Fsp3) is 0.350. The molecule has 2 aliphatic rings. The molecule has 0 amide bonds. The molecule has 136 valence electrons. The number of anilines is 1. The average Bonchev–Trinajstić information content (AvgIpc) is 3.05. The number of ether oxygens (including phenoxy) is 3. The van der Waals surface area contributed by atoms with E-state index >= 15 is 0 Å². The second kappa shape index (κ2) is 6.88. The van der Waals surface area contributed by atoms with Gasteiger partial charge in [0.25, 0.3) is 0 Å². The van der Waals surface area contributed by atoms with Crippen molar-refractivity contribution in [2.45, 2.75) is 6.23 Å². The Bertz CT molecular complexity index is 801. The van der Waals surface area contributed by atoms with Crippen molar-refractivity contribution in [2.75, 3.05) is 45.3 Å². The topological polar surface area (TPSA) is 51.2 Å². The molecule has 2 aromatic carbocycles. The molecule has 6 heteroatoms. The summed E-state index contributed by atoms with van der Waals surface area (Å²) in [4.78, 5) is 17.0. The van der Waals surface area contributed by atoms with Gasteiger partial charge in [0.05, 0.1) is 14.2 Å². The highest BCUT2D eigenvalue weighted by Gasteiger charge is 2.39. The summed E-state index contributed by atoms with van der Waals surface area (Å²) in [5, 5.41) is 0. The minimum Gasteiger partial charge on any atom is -0.493 e. The zero-order chi connectivity index (χ0) is 18.1. The van der Waals surface area contributed by atoms with Gasteiger partial charge in [-0.3, -0.25) is 4.90 Å². The SMILES string of the molecule is COc1ccc2c(c1OC)C(=O)O[C@H]2N1CCN(c2ccccc2)CC1. The first-order chi connectivity index (χ1) is 12.7. The van der Waals surface area contributed by atoms with Crippen LogP contribution in [0.2, 0.25) is 0 Å². The molecule has 2 aromatic rings. The molecule has 0 aliphatic carbocycles. The van der Waals surface area contributed by atoms with Crippen LogP contribution in [0, 0.1) is 0 Å². The van der Waals surface area contributed by atoms with E-state index in [0.29, 0.717) is 17.1 Å². The van der Waals surface area contributed by atoms with Crippen LogP contribution in [0.3, 0.4) is 0 Å². The largest absolute Gasteiger partial charge is 0.493 e. The molecule has 1 atom stereocenters. The van der Waals surface area contributed by atoms with Crippen LogP contribution in [0.25, 0.3) is 0 Å². The van der Waals surface area contributed by atoms with Crippen LogP contribution in [-0.2, 0) is 4.74 Å². The molecule has 2 heterocycles. The fourth-order valence-electron chi connectivity index (χ4n) is 3.71. The van der Waals surface area contributed by atoms with Crippen molar-refractivity contribution in [3.05, 3.63) is 53.6 Å². The molecule has 0 saturated carbocycles. The lowest BCUT2D eigenvalue weighted by Gasteiger charge is -2.38. The molecule has 1 saturated heterocycles. The number of methoxy groups -OCH3 is 2. The third-order valence-electron chi connectivity index (χ3n) is 5.03. The third-order valence-corrected chi connectivity index (χ3v) is 5.03. The molecule has 2 aliphatic heterocycles. The van der Waals surface area contributed by atoms with E-state index in [-0.39, 0.29) is 12.2 Å². The van der Waals surface area contributed by atoms with Gasteiger partial charge in [-0.2, -0.15) is 0 Å². The molecular formula is C20H22N2O4. The Balaban J connectivity index is 1.54. The van der Waals surface area contributed by atoms with Gasteiger partial charge in [-0.15, -0.1) is 0 Å². The second-order valence-corrected chi connectivity index (χ2v) is 6.38. The maximum absolute atomic E-state index is 12.5. The Morgan fingerprint density at radius 3 is 2.35 bits per heavy atom. The molecule has 0 bridgehead atoms. The highest BCUT2D eigenvalue weighted by molar-refractivity contribution is 5.98. The minimum atomic E-state index is -0.366. The van der Waals surface area contributed by atoms with E-state index < -0.39 is 0 Å². The number of carbonyl (C=O) groups is 1. The number of rotatable bonds is 4. The maximum Gasteiger partial charge on any atom is 0.344 e. The van der Waals surface area contributed by atoms with Crippen LogP contribution in [0.5, 0.6) is 11.5 Å². The lowest BCUT2D eigenvalue weighted by Crippen LogP contribution is -2.47. The Hall–Kier alpha value is -2.73. The van der Waals surface area contributed by atoms with Gasteiger partial charge in [0.2, 0.25) is 0 Å². The van der Waals surface area contributed by atoms with E-state index in [1.807, 2.05) is 18.2 Å². The Kier molecular flexibility index (Phi) is 4.42. The Labute approximate surface area is 152 Å². The third kappa shape index (κ3) is 2.76. The smallest absolute Gasteiger partial charge is 0.344 e. The van der Waals surface area contributed by atoms with Crippen LogP contribution in [0.1, 0.15) is 22.1 Å². The first-order valence-electron chi connectivity index (χ1n) is 8.73. The zero-order valence-electron chi connectivity index (χ0n) is 15.0. The van der Waals surface area contributed by atoms with Gasteiger partial charge in [-0.05, 0) is 24.3 Å². The van der Waals surface area contributed by atoms with Gasteiger partial charge in [0.1, 0.15) is 5.56 Å². The first kappa shape index (κ1) is 16.7. The second-order valence-electron chi connectivity index (χ2n) is 6.38. The van der Waals surface area contributed by atoms with Crippen LogP contribution in [-0.4, -0.2) is 51.3 Å². The number of cyclic esters (lactones) is 1. The van der Waals surface area contributed by atoms with Crippen molar-refractivity contribution in [2.24, 2.45) is 0 Å². The van der Waals surface area contributed by atoms with Crippen LogP contribution >= 0.6 is 0 Å². The predicted octanol–water partition coefficient (Wildman–Crippen LogP) is 2.70. The molecule has 1 fully saturated rings. The van der Waals surface area contributed by atoms with Crippen molar-refractivity contribution in [1.82, 2.24) is 4.90 Å². The number of nitrogens with zero attached hydrogens (tertiary/aromatic N) is 2. The predicted molar refractivity (Wildman–Crippen MR) is 97.9 cm³/mol. The number of esters is 1. The molecular weight excluding hydrogens is 332 g/mol. The van der Waals surface area contributed by atoms with Crippen LogP contribution in [0.15, 0.2) is 42.5 Å². The summed E-state index contributed by atoms with van der Waals surface area (Å²) in [6, 6.07) is 14.1. The van der Waals surface area contributed by atoms with Gasteiger partial charge in [-0.1, -0.05) is 18.2 Å². The monoisotopic (exact) mass is 354 g/mol. The standard InChI is InChI=1S/C20H22N2O4/c1-24-16-9-8-15-17(18(16)25-2)20(23)26-19(15)22-12-10-21(11-13-22)14-6-4-3-5-7-14/h3-9,19H,10-13H2,1-2H3/t19-/m1/s1. The lowest BCUT2D eigenvalue weighted by atomic mass is 10.1. The summed E-state index contributed by atoms with van der Waals surface area (Å²) in [5.74, 6) is 0.629. The van der Waals surface area contributed by atoms with E-state index in [4.69, 9.17) is 14.2 Å². The quantitative estimate of drug-likeness (QED) is 0.787. The lowest BCUT2D eigenvalue weighted by molar-refractivity contribution is -0.0251. The molecule has 0 aromatic heterocycles. The normalized spacial score (nSPS) is 19.8. The number of fused-ring (bicyclic) bond motifs is 1. The van der Waals surface area contributed by atoms with Crippen molar-refractivity contribution in [1.29, 1.82) is 0 Å². The first-order valence-corrected chi connectivity index (χ1v) is 8.73. The number of para-hydroxylation sites is 1. The minimum absolute atomic E-state index is 0.355. The number of carbonyl (C=O) groups excluding carboxylic acids is 1. The van der Waals surface area contributed by atoms with E-state index in [0.717, 1.165) is 31.7 Å². The molecule has 4 rings (SSSR count). The highest BCUT2D eigenvalue weighted by Crippen LogP contribution is 2.43. The summed E-state index contributed by atoms with van der Waals surface area (Å²) in [7, 11) is 3.10. The van der Waals surface area contributed by atoms with Gasteiger partial charge in [-0.25, -0.2) is 4.79 Å². The Morgan fingerprint density at radius 1 is 0.962 bits per heavy atom. The number of benzene rings is 2. The van der Waals surface area contributed by atoms with Crippen molar-refractivity contribution in [3.8, 4) is 11.5 Å². The van der Waals surface area contributed by atoms with Crippen molar-refractivity contribution in [3.63, 3.8) is 0 Å². The Morgan fingerprint density at radius 2 is 1.69 bits per heavy atom. The van der Waals surface area contributed by atoms with Gasteiger partial charge in [0.15, 0.2) is 17.7 Å². The fourth-order valence-corrected chi connectivity index (χ4v) is 3.71. The van der Waals surface area contributed by atoms with Crippen molar-refractivity contribution < 1.29 is 19.0 Å². The van der Waals surface area contributed by atoms with E-state index in [1.54, 1.807) is 7.11 Å². The molecule has 0 spiro atoms. The van der Waals surface area contributed by atoms with Gasteiger partial charge < -0.3 is 19.1 Å². The van der Waals surface area contributed by atoms with E-state index in [2.05, 4.69) is 34.1 Å². The van der Waals surface area contributed by atoms with Crippen molar-refractivity contribution >= 4 is 11.7 Å². The van der Waals surface area contributed by atoms with E-state index in [9.17, 15) is 4.79 Å². The maximum atomic E-state index is 12.5. The molecule has 0 N–H and O–H groups in total. The molecule has 0 unspecified atom stereocenters. The summed E-state index contributed by atoms with van der Waals surface area (Å²) in [5.41, 5.74) is 2.55. The summed E-state index contributed by atoms with van der Waals surface area (Å²) in [6.45, 7) is 3.42. The van der Waals surface area contributed by atoms with Crippen LogP contribution in [0.4, 0.5) is 5.69 Å². The van der Waals surface area contributed by atoms with Gasteiger partial charge >= 0.3 is 5.97 Å². The zero-order valence-corrected chi connectivity index (χ0v) is 15.0.